The van der Waals surface area contributed by atoms with Crippen LogP contribution in [-0.4, -0.2) is 0 Å². The molecule has 0 amide bonds. The number of hydrogen-bond donors (Lipinski definition) is 0. The average Bonchev–Trinajstić information content (AvgIpc) is 2.74. The van der Waals surface area contributed by atoms with E-state index in [1.807, 2.05) is 97.1 Å². The van der Waals surface area contributed by atoms with Crippen LogP contribution in [0.3, 0.4) is 0 Å². The molecule has 0 N–H and O–H groups in total. The Morgan fingerprint density at radius 1 is 0.310 bits per heavy atom. The molecule has 0 aromatic heterocycles. The Kier molecular flexibility index (Phi) is 6.56. The van der Waals surface area contributed by atoms with Crippen molar-refractivity contribution in [2.45, 2.75) is 0 Å². The minimum atomic E-state index is 0.742. The fraction of sp³-hybridized carbons (Fsp3) is 0. The average molecular weight is 606 g/mol. The van der Waals surface area contributed by atoms with E-state index >= 15 is 0 Å². The summed E-state index contributed by atoms with van der Waals surface area (Å²) in [6, 6.07) is 31.0. The molecule has 3 nitrogen and oxygen atoms in total. The van der Waals surface area contributed by atoms with E-state index < -0.39 is 0 Å². The van der Waals surface area contributed by atoms with Crippen LogP contribution >= 0.6 is 45.2 Å². The Hall–Kier alpha value is -2.26. The lowest BCUT2D eigenvalue weighted by atomic mass is 10.3. The van der Waals surface area contributed by atoms with Gasteiger partial charge < -0.3 is 14.2 Å². The van der Waals surface area contributed by atoms with E-state index in [0.717, 1.165) is 34.5 Å². The van der Waals surface area contributed by atoms with Crippen molar-refractivity contribution >= 4 is 45.2 Å². The third-order valence-corrected chi connectivity index (χ3v) is 5.42. The van der Waals surface area contributed by atoms with Gasteiger partial charge >= 0.3 is 0 Å². The number of benzene rings is 4. The SMILES string of the molecule is Ic1ccc(Oc2ccc(Oc3ccc(Oc4ccc(I)cc4)cc3)cc2)cc1. The summed E-state index contributed by atoms with van der Waals surface area (Å²) in [5.74, 6) is 4.63. The summed E-state index contributed by atoms with van der Waals surface area (Å²) >= 11 is 4.54. The van der Waals surface area contributed by atoms with Crippen molar-refractivity contribution in [2.24, 2.45) is 0 Å². The zero-order chi connectivity index (χ0) is 20.1. The fourth-order valence-corrected chi connectivity index (χ4v) is 3.28. The lowest BCUT2D eigenvalue weighted by Crippen LogP contribution is -1.87. The summed E-state index contributed by atoms with van der Waals surface area (Å²) in [5.41, 5.74) is 0. The highest BCUT2D eigenvalue weighted by molar-refractivity contribution is 14.1. The monoisotopic (exact) mass is 606 g/mol. The molecule has 0 spiro atoms. The third-order valence-electron chi connectivity index (χ3n) is 3.98. The van der Waals surface area contributed by atoms with Crippen LogP contribution in [0.2, 0.25) is 0 Å². The maximum Gasteiger partial charge on any atom is 0.127 e. The topological polar surface area (TPSA) is 27.7 Å². The smallest absolute Gasteiger partial charge is 0.127 e. The largest absolute Gasteiger partial charge is 0.457 e. The Bertz CT molecular complexity index is 970. The van der Waals surface area contributed by atoms with Gasteiger partial charge in [0.2, 0.25) is 0 Å². The van der Waals surface area contributed by atoms with Crippen molar-refractivity contribution in [3.63, 3.8) is 0 Å². The third kappa shape index (κ3) is 5.86. The van der Waals surface area contributed by atoms with Gasteiger partial charge in [0.1, 0.15) is 34.5 Å². The molecule has 144 valence electrons. The molecule has 29 heavy (non-hydrogen) atoms. The van der Waals surface area contributed by atoms with E-state index in [2.05, 4.69) is 45.2 Å². The highest BCUT2D eigenvalue weighted by Crippen LogP contribution is 2.29. The summed E-state index contributed by atoms with van der Waals surface area (Å²) in [7, 11) is 0. The molecule has 0 saturated heterocycles. The van der Waals surface area contributed by atoms with Crippen molar-refractivity contribution in [1.82, 2.24) is 0 Å². The van der Waals surface area contributed by atoms with Gasteiger partial charge in [-0.05, 0) is 142 Å². The first-order valence-electron chi connectivity index (χ1n) is 8.89. The van der Waals surface area contributed by atoms with Crippen LogP contribution in [0.15, 0.2) is 97.1 Å². The molecular weight excluding hydrogens is 590 g/mol. The first kappa shape index (κ1) is 20.0. The molecule has 5 heteroatoms. The van der Waals surface area contributed by atoms with Gasteiger partial charge in [-0.25, -0.2) is 0 Å². The van der Waals surface area contributed by atoms with Crippen LogP contribution in [0.25, 0.3) is 0 Å². The number of halogens is 2. The summed E-state index contributed by atoms with van der Waals surface area (Å²) in [6.45, 7) is 0. The molecule has 0 unspecified atom stereocenters. The maximum absolute atomic E-state index is 5.91. The van der Waals surface area contributed by atoms with Crippen molar-refractivity contribution < 1.29 is 14.2 Å². The van der Waals surface area contributed by atoms with Gasteiger partial charge in [-0.15, -0.1) is 0 Å². The number of hydrogen-bond acceptors (Lipinski definition) is 3. The molecule has 0 aliphatic rings. The molecule has 0 aliphatic carbocycles. The summed E-state index contributed by atoms with van der Waals surface area (Å²) in [4.78, 5) is 0. The standard InChI is InChI=1S/C24H16I2O3/c25-17-1-5-19(6-2-17)27-21-9-13-23(14-10-21)29-24-15-11-22(12-16-24)28-20-7-3-18(26)4-8-20/h1-16H. The van der Waals surface area contributed by atoms with E-state index in [0.29, 0.717) is 0 Å². The van der Waals surface area contributed by atoms with Gasteiger partial charge in [-0.3, -0.25) is 0 Å². The number of ether oxygens (including phenoxy) is 3. The first-order chi connectivity index (χ1) is 14.1. The highest BCUT2D eigenvalue weighted by atomic mass is 127. The minimum absolute atomic E-state index is 0.742. The van der Waals surface area contributed by atoms with Crippen molar-refractivity contribution in [1.29, 1.82) is 0 Å². The van der Waals surface area contributed by atoms with E-state index in [1.54, 1.807) is 0 Å². The van der Waals surface area contributed by atoms with Gasteiger partial charge in [-0.1, -0.05) is 0 Å². The Balaban J connectivity index is 1.36. The zero-order valence-corrected chi connectivity index (χ0v) is 19.5. The molecule has 0 bridgehead atoms. The maximum atomic E-state index is 5.91. The van der Waals surface area contributed by atoms with Crippen LogP contribution < -0.4 is 14.2 Å². The van der Waals surface area contributed by atoms with E-state index in [4.69, 9.17) is 14.2 Å². The molecular formula is C24H16I2O3. The summed E-state index contributed by atoms with van der Waals surface area (Å²) < 4.78 is 19.9. The van der Waals surface area contributed by atoms with Crippen molar-refractivity contribution in [3.8, 4) is 34.5 Å². The second-order valence-corrected chi connectivity index (χ2v) is 8.65. The molecule has 0 saturated carbocycles. The first-order valence-corrected chi connectivity index (χ1v) is 11.0. The van der Waals surface area contributed by atoms with Crippen LogP contribution in [0, 0.1) is 7.14 Å². The van der Waals surface area contributed by atoms with Crippen LogP contribution in [0.4, 0.5) is 0 Å². The molecule has 0 aliphatic heterocycles. The van der Waals surface area contributed by atoms with Gasteiger partial charge in [0, 0.05) is 7.14 Å². The van der Waals surface area contributed by atoms with Crippen molar-refractivity contribution in [2.75, 3.05) is 0 Å². The molecule has 4 aromatic rings. The quantitative estimate of drug-likeness (QED) is 0.207. The predicted octanol–water partition coefficient (Wildman–Crippen LogP) is 8.27. The molecule has 4 rings (SSSR count). The zero-order valence-electron chi connectivity index (χ0n) is 15.2. The van der Waals surface area contributed by atoms with E-state index in [1.165, 1.54) is 7.14 Å². The minimum Gasteiger partial charge on any atom is -0.457 e. The van der Waals surface area contributed by atoms with Crippen LogP contribution in [0.1, 0.15) is 0 Å². The normalized spacial score (nSPS) is 10.4. The Morgan fingerprint density at radius 2 is 0.483 bits per heavy atom. The van der Waals surface area contributed by atoms with E-state index in [9.17, 15) is 0 Å². The fourth-order valence-electron chi connectivity index (χ4n) is 2.56. The van der Waals surface area contributed by atoms with Gasteiger partial charge in [0.25, 0.3) is 0 Å². The van der Waals surface area contributed by atoms with Crippen LogP contribution in [-0.2, 0) is 0 Å². The van der Waals surface area contributed by atoms with Gasteiger partial charge in [0.05, 0.1) is 0 Å². The lowest BCUT2D eigenvalue weighted by Gasteiger charge is -2.10. The lowest BCUT2D eigenvalue weighted by molar-refractivity contribution is 0.464. The van der Waals surface area contributed by atoms with Gasteiger partial charge in [0.15, 0.2) is 0 Å². The predicted molar refractivity (Wildman–Crippen MR) is 131 cm³/mol. The Morgan fingerprint density at radius 3 is 0.690 bits per heavy atom. The molecule has 0 radical (unpaired) electrons. The molecule has 0 fully saturated rings. The van der Waals surface area contributed by atoms with Crippen molar-refractivity contribution in [3.05, 3.63) is 104 Å². The number of rotatable bonds is 6. The molecule has 0 atom stereocenters. The van der Waals surface area contributed by atoms with E-state index in [-0.39, 0.29) is 0 Å². The Labute approximate surface area is 196 Å². The van der Waals surface area contributed by atoms with Gasteiger partial charge in [-0.2, -0.15) is 0 Å². The summed E-state index contributed by atoms with van der Waals surface area (Å²) in [5, 5.41) is 0. The van der Waals surface area contributed by atoms with Crippen LogP contribution in [0.5, 0.6) is 34.5 Å². The molecule has 4 aromatic carbocycles. The summed E-state index contributed by atoms with van der Waals surface area (Å²) in [6.07, 6.45) is 0. The second-order valence-electron chi connectivity index (χ2n) is 6.16. The molecule has 0 heterocycles. The highest BCUT2D eigenvalue weighted by Gasteiger charge is 2.02. The second kappa shape index (κ2) is 9.49.